The molecule has 0 atom stereocenters. The third kappa shape index (κ3) is 2.15. The van der Waals surface area contributed by atoms with Crippen molar-refractivity contribution in [1.82, 2.24) is 15.3 Å². The Bertz CT molecular complexity index is 400. The quantitative estimate of drug-likeness (QED) is 0.701. The molecule has 5 nitrogen and oxygen atoms in total. The van der Waals surface area contributed by atoms with Crippen LogP contribution in [-0.4, -0.2) is 35.5 Å². The normalized spacial score (nSPS) is 16.4. The predicted molar refractivity (Wildman–Crippen MR) is 52.2 cm³/mol. The van der Waals surface area contributed by atoms with Crippen LogP contribution in [0.2, 0.25) is 5.02 Å². The van der Waals surface area contributed by atoms with E-state index in [2.05, 4.69) is 15.3 Å². The van der Waals surface area contributed by atoms with E-state index >= 15 is 0 Å². The van der Waals surface area contributed by atoms with Crippen LogP contribution < -0.4 is 10.2 Å². The topological polar surface area (TPSA) is 58.1 Å². The second kappa shape index (κ2) is 3.98. The van der Waals surface area contributed by atoms with Crippen molar-refractivity contribution in [2.45, 2.75) is 0 Å². The lowest BCUT2D eigenvalue weighted by atomic mass is 10.3. The maximum Gasteiger partial charge on any atom is 0.310 e. The number of rotatable bonds is 1. The lowest BCUT2D eigenvalue weighted by molar-refractivity contribution is -0.120. The van der Waals surface area contributed by atoms with Gasteiger partial charge in [0, 0.05) is 13.1 Å². The molecular formula is C8H8ClFN4O. The van der Waals surface area contributed by atoms with Crippen LogP contribution in [-0.2, 0) is 4.79 Å². The van der Waals surface area contributed by atoms with Crippen LogP contribution in [0, 0.1) is 6.08 Å². The molecule has 0 unspecified atom stereocenters. The molecule has 1 aromatic heterocycles. The van der Waals surface area contributed by atoms with E-state index in [0.29, 0.717) is 13.1 Å². The fourth-order valence-corrected chi connectivity index (χ4v) is 1.59. The number of aromatic nitrogens is 2. The minimum absolute atomic E-state index is 0.128. The first kappa shape index (κ1) is 10.1. The molecule has 1 aliphatic heterocycles. The number of nitrogens with zero attached hydrogens (tertiary/aromatic N) is 3. The van der Waals surface area contributed by atoms with Crippen molar-refractivity contribution in [2.75, 3.05) is 24.5 Å². The van der Waals surface area contributed by atoms with Gasteiger partial charge >= 0.3 is 6.08 Å². The van der Waals surface area contributed by atoms with E-state index in [1.54, 1.807) is 4.90 Å². The number of anilines is 1. The number of piperazine rings is 1. The number of nitrogens with one attached hydrogen (secondary N) is 1. The highest BCUT2D eigenvalue weighted by Crippen LogP contribution is 2.22. The van der Waals surface area contributed by atoms with Gasteiger partial charge in [0.1, 0.15) is 5.02 Å². The minimum Gasteiger partial charge on any atom is -0.353 e. The largest absolute Gasteiger partial charge is 0.353 e. The Morgan fingerprint density at radius 2 is 2.40 bits per heavy atom. The van der Waals surface area contributed by atoms with E-state index in [4.69, 9.17) is 11.6 Å². The Kier molecular flexibility index (Phi) is 2.68. The highest BCUT2D eigenvalue weighted by atomic mass is 35.5. The Morgan fingerprint density at radius 1 is 1.60 bits per heavy atom. The van der Waals surface area contributed by atoms with Gasteiger partial charge in [0.05, 0.1) is 12.7 Å². The van der Waals surface area contributed by atoms with Gasteiger partial charge in [0.15, 0.2) is 5.82 Å². The van der Waals surface area contributed by atoms with Crippen molar-refractivity contribution in [3.8, 4) is 0 Å². The van der Waals surface area contributed by atoms with Crippen molar-refractivity contribution < 1.29 is 9.18 Å². The zero-order valence-electron chi connectivity index (χ0n) is 7.70. The monoisotopic (exact) mass is 230 g/mol. The molecule has 1 fully saturated rings. The number of hydrogen-bond acceptors (Lipinski definition) is 4. The number of halogens is 2. The molecule has 1 aliphatic rings. The Hall–Kier alpha value is -1.43. The van der Waals surface area contributed by atoms with Gasteiger partial charge < -0.3 is 10.2 Å². The van der Waals surface area contributed by atoms with E-state index in [1.807, 2.05) is 0 Å². The molecule has 2 heterocycles. The average Bonchev–Trinajstić information content (AvgIpc) is 2.22. The SMILES string of the molecule is O=C1CN(c2nc(F)ncc2Cl)CCN1. The van der Waals surface area contributed by atoms with Gasteiger partial charge in [-0.2, -0.15) is 9.37 Å². The summed E-state index contributed by atoms with van der Waals surface area (Å²) in [6, 6.07) is 0. The summed E-state index contributed by atoms with van der Waals surface area (Å²) in [6.07, 6.45) is 0.339. The first-order valence-corrected chi connectivity index (χ1v) is 4.74. The molecule has 7 heteroatoms. The van der Waals surface area contributed by atoms with Gasteiger partial charge in [0.2, 0.25) is 5.91 Å². The third-order valence-corrected chi connectivity index (χ3v) is 2.30. The van der Waals surface area contributed by atoms with Crippen LogP contribution >= 0.6 is 11.6 Å². The van der Waals surface area contributed by atoms with E-state index < -0.39 is 6.08 Å². The summed E-state index contributed by atoms with van der Waals surface area (Å²) in [5, 5.41) is 2.90. The summed E-state index contributed by atoms with van der Waals surface area (Å²) in [7, 11) is 0. The molecule has 1 amide bonds. The van der Waals surface area contributed by atoms with E-state index in [1.165, 1.54) is 6.20 Å². The van der Waals surface area contributed by atoms with Crippen LogP contribution in [0.4, 0.5) is 10.2 Å². The summed E-state index contributed by atoms with van der Waals surface area (Å²) in [6.45, 7) is 1.19. The first-order valence-electron chi connectivity index (χ1n) is 4.36. The average molecular weight is 231 g/mol. The summed E-state index contributed by atoms with van der Waals surface area (Å²) < 4.78 is 12.8. The smallest absolute Gasteiger partial charge is 0.310 e. The van der Waals surface area contributed by atoms with Crippen LogP contribution in [0.25, 0.3) is 0 Å². The zero-order valence-corrected chi connectivity index (χ0v) is 8.46. The molecule has 1 aromatic rings. The van der Waals surface area contributed by atoms with Crippen molar-refractivity contribution in [1.29, 1.82) is 0 Å². The molecule has 0 radical (unpaired) electrons. The van der Waals surface area contributed by atoms with Gasteiger partial charge in [-0.25, -0.2) is 4.98 Å². The lowest BCUT2D eigenvalue weighted by Crippen LogP contribution is -2.48. The fraction of sp³-hybridized carbons (Fsp3) is 0.375. The summed E-state index contributed by atoms with van der Waals surface area (Å²) >= 11 is 5.81. The molecule has 0 aromatic carbocycles. The number of amides is 1. The Balaban J connectivity index is 2.27. The first-order chi connectivity index (χ1) is 7.16. The Morgan fingerprint density at radius 3 is 3.13 bits per heavy atom. The summed E-state index contributed by atoms with van der Waals surface area (Å²) in [5.41, 5.74) is 0. The third-order valence-electron chi connectivity index (χ3n) is 2.03. The molecule has 80 valence electrons. The van der Waals surface area contributed by atoms with Crippen molar-refractivity contribution in [3.05, 3.63) is 17.3 Å². The fourth-order valence-electron chi connectivity index (χ4n) is 1.38. The Labute approximate surface area is 90.3 Å². The van der Waals surface area contributed by atoms with Crippen LogP contribution in [0.1, 0.15) is 0 Å². The van der Waals surface area contributed by atoms with E-state index in [0.717, 1.165) is 0 Å². The predicted octanol–water partition coefficient (Wildman–Crippen LogP) is 0.205. The number of hydrogen-bond donors (Lipinski definition) is 1. The molecule has 2 rings (SSSR count). The molecule has 0 saturated carbocycles. The van der Waals surface area contributed by atoms with E-state index in [9.17, 15) is 9.18 Å². The molecule has 1 N–H and O–H groups in total. The zero-order chi connectivity index (χ0) is 10.8. The molecule has 15 heavy (non-hydrogen) atoms. The standard InChI is InChI=1S/C8H8ClFN4O/c9-5-3-12-8(10)13-7(5)14-2-1-11-6(15)4-14/h3H,1-2,4H2,(H,11,15). The highest BCUT2D eigenvalue weighted by Gasteiger charge is 2.20. The minimum atomic E-state index is -0.847. The van der Waals surface area contributed by atoms with Crippen LogP contribution in [0.5, 0.6) is 0 Å². The van der Waals surface area contributed by atoms with Gasteiger partial charge in [-0.05, 0) is 0 Å². The van der Waals surface area contributed by atoms with Crippen LogP contribution in [0.15, 0.2) is 6.20 Å². The molecule has 0 spiro atoms. The molecule has 1 saturated heterocycles. The van der Waals surface area contributed by atoms with Crippen molar-refractivity contribution in [2.24, 2.45) is 0 Å². The van der Waals surface area contributed by atoms with Crippen molar-refractivity contribution in [3.63, 3.8) is 0 Å². The molecule has 0 bridgehead atoms. The van der Waals surface area contributed by atoms with E-state index in [-0.39, 0.29) is 23.3 Å². The van der Waals surface area contributed by atoms with Crippen molar-refractivity contribution >= 4 is 23.3 Å². The van der Waals surface area contributed by atoms with Gasteiger partial charge in [-0.1, -0.05) is 11.6 Å². The van der Waals surface area contributed by atoms with Gasteiger partial charge in [0.25, 0.3) is 0 Å². The number of carbonyl (C=O) groups excluding carboxylic acids is 1. The lowest BCUT2D eigenvalue weighted by Gasteiger charge is -2.27. The maximum atomic E-state index is 12.8. The van der Waals surface area contributed by atoms with Gasteiger partial charge in [-0.3, -0.25) is 4.79 Å². The molecule has 0 aliphatic carbocycles. The number of carbonyl (C=O) groups is 1. The van der Waals surface area contributed by atoms with Crippen LogP contribution in [0.3, 0.4) is 0 Å². The second-order valence-electron chi connectivity index (χ2n) is 3.08. The van der Waals surface area contributed by atoms with Gasteiger partial charge in [-0.15, -0.1) is 0 Å². The molecular weight excluding hydrogens is 223 g/mol. The second-order valence-corrected chi connectivity index (χ2v) is 3.49. The maximum absolute atomic E-state index is 12.8. The highest BCUT2D eigenvalue weighted by molar-refractivity contribution is 6.32. The summed E-state index contributed by atoms with van der Waals surface area (Å²) in [4.78, 5) is 19.6. The summed E-state index contributed by atoms with van der Waals surface area (Å²) in [5.74, 6) is 0.135.